The van der Waals surface area contributed by atoms with E-state index in [-0.39, 0.29) is 0 Å². The number of rotatable bonds is 3. The predicted molar refractivity (Wildman–Crippen MR) is 73.3 cm³/mol. The Hall–Kier alpha value is -1.94. The zero-order chi connectivity index (χ0) is 12.5. The Bertz CT molecular complexity index is 694. The number of thiazole rings is 1. The predicted octanol–water partition coefficient (Wildman–Crippen LogP) is 3.44. The van der Waals surface area contributed by atoms with Crippen molar-refractivity contribution in [3.8, 4) is 11.3 Å². The van der Waals surface area contributed by atoms with Crippen molar-refractivity contribution in [2.45, 2.75) is 13.3 Å². The lowest BCUT2D eigenvalue weighted by atomic mass is 10.1. The number of hydrogen-bond acceptors (Lipinski definition) is 3. The van der Waals surface area contributed by atoms with Crippen LogP contribution in [0.5, 0.6) is 0 Å². The van der Waals surface area contributed by atoms with Gasteiger partial charge in [0, 0.05) is 5.38 Å². The van der Waals surface area contributed by atoms with Gasteiger partial charge in [-0.3, -0.25) is 9.20 Å². The van der Waals surface area contributed by atoms with E-state index >= 15 is 0 Å². The van der Waals surface area contributed by atoms with Crippen molar-refractivity contribution in [1.29, 1.82) is 0 Å². The molecule has 2 heterocycles. The van der Waals surface area contributed by atoms with Gasteiger partial charge < -0.3 is 0 Å². The summed E-state index contributed by atoms with van der Waals surface area (Å²) in [4.78, 5) is 16.1. The smallest absolute Gasteiger partial charge is 0.194 e. The minimum Gasteiger partial charge on any atom is -0.296 e. The van der Waals surface area contributed by atoms with Crippen molar-refractivity contribution in [3.63, 3.8) is 0 Å². The maximum Gasteiger partial charge on any atom is 0.194 e. The molecule has 0 unspecified atom stereocenters. The Kier molecular flexibility index (Phi) is 2.72. The molecule has 3 aromatic rings. The molecule has 0 amide bonds. The Morgan fingerprint density at radius 3 is 2.78 bits per heavy atom. The minimum absolute atomic E-state index is 0.598. The first-order chi connectivity index (χ1) is 8.83. The standard InChI is InChI=1S/C14H12N2OS/c1-2-10-3-5-11(6-4-10)13-9-18-14-15-7-12(8-17)16(13)14/h3-9H,2H2,1H3. The zero-order valence-corrected chi connectivity index (χ0v) is 10.8. The second-order valence-corrected chi connectivity index (χ2v) is 4.93. The molecule has 3 rings (SSSR count). The monoisotopic (exact) mass is 256 g/mol. The molecular weight excluding hydrogens is 244 g/mol. The highest BCUT2D eigenvalue weighted by Crippen LogP contribution is 2.27. The van der Waals surface area contributed by atoms with Crippen molar-refractivity contribution in [1.82, 2.24) is 9.38 Å². The van der Waals surface area contributed by atoms with Gasteiger partial charge in [0.25, 0.3) is 0 Å². The van der Waals surface area contributed by atoms with Gasteiger partial charge in [0.15, 0.2) is 11.2 Å². The van der Waals surface area contributed by atoms with Crippen LogP contribution in [0.15, 0.2) is 35.8 Å². The van der Waals surface area contributed by atoms with E-state index in [9.17, 15) is 4.79 Å². The molecule has 0 spiro atoms. The molecule has 0 radical (unpaired) electrons. The first-order valence-corrected chi connectivity index (χ1v) is 6.71. The average Bonchev–Trinajstić information content (AvgIpc) is 3.00. The highest BCUT2D eigenvalue weighted by atomic mass is 32.1. The van der Waals surface area contributed by atoms with Gasteiger partial charge in [-0.05, 0) is 17.5 Å². The maximum atomic E-state index is 11.0. The summed E-state index contributed by atoms with van der Waals surface area (Å²) in [5.74, 6) is 0. The van der Waals surface area contributed by atoms with E-state index < -0.39 is 0 Å². The number of aryl methyl sites for hydroxylation is 1. The number of benzene rings is 1. The van der Waals surface area contributed by atoms with Crippen LogP contribution in [0.1, 0.15) is 23.0 Å². The highest BCUT2D eigenvalue weighted by molar-refractivity contribution is 7.15. The van der Waals surface area contributed by atoms with Crippen LogP contribution in [0.25, 0.3) is 16.2 Å². The molecule has 1 aromatic carbocycles. The van der Waals surface area contributed by atoms with Gasteiger partial charge in [-0.15, -0.1) is 11.3 Å². The van der Waals surface area contributed by atoms with E-state index in [0.29, 0.717) is 5.69 Å². The van der Waals surface area contributed by atoms with Crippen LogP contribution >= 0.6 is 11.3 Å². The summed E-state index contributed by atoms with van der Waals surface area (Å²) in [6, 6.07) is 8.43. The topological polar surface area (TPSA) is 34.4 Å². The number of carbonyl (C=O) groups is 1. The van der Waals surface area contributed by atoms with E-state index in [1.807, 2.05) is 9.78 Å². The normalized spacial score (nSPS) is 10.9. The lowest BCUT2D eigenvalue weighted by molar-refractivity contribution is 0.111. The largest absolute Gasteiger partial charge is 0.296 e. The number of imidazole rings is 1. The Morgan fingerprint density at radius 2 is 2.11 bits per heavy atom. The summed E-state index contributed by atoms with van der Waals surface area (Å²) < 4.78 is 1.90. The van der Waals surface area contributed by atoms with Crippen LogP contribution in [0.4, 0.5) is 0 Å². The fourth-order valence-electron chi connectivity index (χ4n) is 2.03. The summed E-state index contributed by atoms with van der Waals surface area (Å²) in [6.45, 7) is 2.14. The third-order valence-corrected chi connectivity index (χ3v) is 3.89. The van der Waals surface area contributed by atoms with Gasteiger partial charge in [0.2, 0.25) is 0 Å². The van der Waals surface area contributed by atoms with E-state index in [0.717, 1.165) is 28.9 Å². The molecule has 0 aliphatic heterocycles. The number of aldehydes is 1. The molecule has 2 aromatic heterocycles. The molecule has 0 aliphatic carbocycles. The zero-order valence-electron chi connectivity index (χ0n) is 9.96. The summed E-state index contributed by atoms with van der Waals surface area (Å²) in [5.41, 5.74) is 4.05. The van der Waals surface area contributed by atoms with Gasteiger partial charge in [0.1, 0.15) is 5.69 Å². The van der Waals surface area contributed by atoms with Crippen LogP contribution < -0.4 is 0 Å². The van der Waals surface area contributed by atoms with Crippen LogP contribution in [0.2, 0.25) is 0 Å². The maximum absolute atomic E-state index is 11.0. The number of nitrogens with zero attached hydrogens (tertiary/aromatic N) is 2. The first kappa shape index (κ1) is 11.2. The van der Waals surface area contributed by atoms with Crippen LogP contribution in [-0.2, 0) is 6.42 Å². The van der Waals surface area contributed by atoms with Crippen LogP contribution in [-0.4, -0.2) is 15.7 Å². The minimum atomic E-state index is 0.598. The third kappa shape index (κ3) is 1.66. The van der Waals surface area contributed by atoms with E-state index in [1.54, 1.807) is 17.5 Å². The first-order valence-electron chi connectivity index (χ1n) is 5.83. The fraction of sp³-hybridized carbons (Fsp3) is 0.143. The lowest BCUT2D eigenvalue weighted by Crippen LogP contribution is -1.91. The van der Waals surface area contributed by atoms with E-state index in [4.69, 9.17) is 0 Å². The molecule has 90 valence electrons. The molecule has 0 saturated carbocycles. The quantitative estimate of drug-likeness (QED) is 0.673. The average molecular weight is 256 g/mol. The van der Waals surface area contributed by atoms with Gasteiger partial charge in [-0.25, -0.2) is 4.98 Å². The molecule has 4 heteroatoms. The van der Waals surface area contributed by atoms with Crippen molar-refractivity contribution >= 4 is 22.6 Å². The van der Waals surface area contributed by atoms with Crippen molar-refractivity contribution < 1.29 is 4.79 Å². The van der Waals surface area contributed by atoms with Crippen molar-refractivity contribution in [2.75, 3.05) is 0 Å². The molecule has 0 aliphatic rings. The molecule has 0 N–H and O–H groups in total. The SMILES string of the molecule is CCc1ccc(-c2csc3ncc(C=O)n23)cc1. The second kappa shape index (κ2) is 4.38. The lowest BCUT2D eigenvalue weighted by Gasteiger charge is -2.02. The number of aromatic nitrogens is 2. The van der Waals surface area contributed by atoms with E-state index in [1.165, 1.54) is 5.56 Å². The third-order valence-electron chi connectivity index (χ3n) is 3.05. The Morgan fingerprint density at radius 1 is 1.33 bits per heavy atom. The highest BCUT2D eigenvalue weighted by Gasteiger charge is 2.10. The van der Waals surface area contributed by atoms with Crippen molar-refractivity contribution in [2.24, 2.45) is 0 Å². The van der Waals surface area contributed by atoms with E-state index in [2.05, 4.69) is 36.2 Å². The summed E-state index contributed by atoms with van der Waals surface area (Å²) >= 11 is 1.55. The summed E-state index contributed by atoms with van der Waals surface area (Å²) in [7, 11) is 0. The van der Waals surface area contributed by atoms with Gasteiger partial charge in [-0.1, -0.05) is 31.2 Å². The van der Waals surface area contributed by atoms with Gasteiger partial charge in [0.05, 0.1) is 11.9 Å². The summed E-state index contributed by atoms with van der Waals surface area (Å²) in [6.07, 6.45) is 3.49. The molecule has 18 heavy (non-hydrogen) atoms. The second-order valence-electron chi connectivity index (χ2n) is 4.09. The molecule has 0 atom stereocenters. The van der Waals surface area contributed by atoms with Gasteiger partial charge in [-0.2, -0.15) is 0 Å². The number of fused-ring (bicyclic) bond motifs is 1. The molecular formula is C14H12N2OS. The molecule has 0 fully saturated rings. The molecule has 3 nitrogen and oxygen atoms in total. The number of hydrogen-bond donors (Lipinski definition) is 0. The number of carbonyl (C=O) groups excluding carboxylic acids is 1. The van der Waals surface area contributed by atoms with Crippen LogP contribution in [0.3, 0.4) is 0 Å². The Balaban J connectivity index is 2.17. The molecule has 0 bridgehead atoms. The summed E-state index contributed by atoms with van der Waals surface area (Å²) in [5, 5.41) is 2.04. The van der Waals surface area contributed by atoms with Crippen molar-refractivity contribution in [3.05, 3.63) is 47.1 Å². The fourth-order valence-corrected chi connectivity index (χ4v) is 2.91. The molecule has 0 saturated heterocycles. The van der Waals surface area contributed by atoms with Gasteiger partial charge >= 0.3 is 0 Å². The Labute approximate surface area is 109 Å². The van der Waals surface area contributed by atoms with Crippen LogP contribution in [0, 0.1) is 0 Å².